The van der Waals surface area contributed by atoms with Crippen LogP contribution in [0.5, 0.6) is 5.75 Å². The molecule has 2 N–H and O–H groups in total. The molecule has 3 heteroatoms. The third-order valence-corrected chi connectivity index (χ3v) is 4.50. The molecule has 0 aliphatic heterocycles. The predicted molar refractivity (Wildman–Crippen MR) is 94.2 cm³/mol. The van der Waals surface area contributed by atoms with Crippen molar-refractivity contribution in [2.45, 2.75) is 49.8 Å². The Bertz CT molecular complexity index is 393. The number of para-hydroxylation sites is 1. The fourth-order valence-electron chi connectivity index (χ4n) is 2.10. The van der Waals surface area contributed by atoms with Gasteiger partial charge >= 0.3 is 0 Å². The molecule has 0 bridgehead atoms. The van der Waals surface area contributed by atoms with Crippen LogP contribution in [0.15, 0.2) is 41.3 Å². The Morgan fingerprint density at radius 1 is 1.00 bits per heavy atom. The second kappa shape index (κ2) is 12.8. The van der Waals surface area contributed by atoms with Crippen LogP contribution >= 0.6 is 11.8 Å². The first kappa shape index (κ1) is 18.1. The molecule has 0 saturated heterocycles. The average molecular weight is 308 g/mol. The van der Waals surface area contributed by atoms with Gasteiger partial charge < -0.3 is 10.4 Å². The first-order valence-corrected chi connectivity index (χ1v) is 9.03. The Kier molecular flexibility index (Phi) is 11.0. The van der Waals surface area contributed by atoms with Gasteiger partial charge in [-0.1, -0.05) is 30.7 Å². The van der Waals surface area contributed by atoms with Gasteiger partial charge in [0.2, 0.25) is 0 Å². The third kappa shape index (κ3) is 9.59. The molecule has 0 radical (unpaired) electrons. The highest BCUT2D eigenvalue weighted by molar-refractivity contribution is 7.99. The molecular weight excluding hydrogens is 278 g/mol. The number of phenols is 1. The third-order valence-electron chi connectivity index (χ3n) is 3.35. The molecule has 0 amide bonds. The van der Waals surface area contributed by atoms with Crippen LogP contribution in [-0.2, 0) is 0 Å². The van der Waals surface area contributed by atoms with Crippen molar-refractivity contribution in [3.8, 4) is 5.75 Å². The highest BCUT2D eigenvalue weighted by atomic mass is 32.2. The minimum absolute atomic E-state index is 0.406. The summed E-state index contributed by atoms with van der Waals surface area (Å²) in [6.07, 6.45) is 13.4. The van der Waals surface area contributed by atoms with Crippen molar-refractivity contribution in [1.82, 2.24) is 5.32 Å². The molecule has 0 fully saturated rings. The van der Waals surface area contributed by atoms with Crippen LogP contribution in [0.4, 0.5) is 0 Å². The summed E-state index contributed by atoms with van der Waals surface area (Å²) in [5, 5.41) is 12.8. The van der Waals surface area contributed by atoms with Gasteiger partial charge in [0.15, 0.2) is 0 Å². The van der Waals surface area contributed by atoms with Gasteiger partial charge in [-0.3, -0.25) is 0 Å². The lowest BCUT2D eigenvalue weighted by Crippen LogP contribution is -2.06. The molecule has 0 aliphatic carbocycles. The predicted octanol–water partition coefficient (Wildman–Crippen LogP) is 4.99. The van der Waals surface area contributed by atoms with Crippen molar-refractivity contribution in [2.24, 2.45) is 0 Å². The molecule has 21 heavy (non-hydrogen) atoms. The van der Waals surface area contributed by atoms with E-state index in [0.29, 0.717) is 5.75 Å². The van der Waals surface area contributed by atoms with Crippen LogP contribution in [0.25, 0.3) is 0 Å². The van der Waals surface area contributed by atoms with E-state index in [-0.39, 0.29) is 0 Å². The monoisotopic (exact) mass is 307 g/mol. The van der Waals surface area contributed by atoms with Crippen LogP contribution in [0.1, 0.15) is 44.9 Å². The number of phenolic OH excluding ortho intramolecular Hbond substituents is 1. The van der Waals surface area contributed by atoms with Gasteiger partial charge in [-0.25, -0.2) is 0 Å². The van der Waals surface area contributed by atoms with E-state index in [9.17, 15) is 5.11 Å². The summed E-state index contributed by atoms with van der Waals surface area (Å²) in [7, 11) is 2.01. The van der Waals surface area contributed by atoms with Crippen molar-refractivity contribution in [3.63, 3.8) is 0 Å². The van der Waals surface area contributed by atoms with Gasteiger partial charge in [0.1, 0.15) is 5.75 Å². The standard InChI is InChI=1S/C18H29NOS/c1-19-15-11-7-5-3-2-4-6-8-12-16-21-18-14-10-9-13-17(18)20/h2-3,9-10,13-14,19-20H,4-8,11-12,15-16H2,1H3. The average Bonchev–Trinajstić information content (AvgIpc) is 2.50. The normalized spacial score (nSPS) is 11.3. The first-order valence-electron chi connectivity index (χ1n) is 8.05. The summed E-state index contributed by atoms with van der Waals surface area (Å²) in [5.41, 5.74) is 0. The van der Waals surface area contributed by atoms with E-state index in [0.717, 1.165) is 17.2 Å². The summed E-state index contributed by atoms with van der Waals surface area (Å²) in [4.78, 5) is 0.999. The number of allylic oxidation sites excluding steroid dienone is 2. The lowest BCUT2D eigenvalue weighted by Gasteiger charge is -2.03. The van der Waals surface area contributed by atoms with Crippen molar-refractivity contribution >= 4 is 11.8 Å². The SMILES string of the molecule is CNCCCCC=CCCCCCSc1ccccc1O. The number of benzene rings is 1. The number of hydrogen-bond acceptors (Lipinski definition) is 3. The quantitative estimate of drug-likeness (QED) is 0.324. The molecule has 2 nitrogen and oxygen atoms in total. The number of hydrogen-bond donors (Lipinski definition) is 2. The highest BCUT2D eigenvalue weighted by Crippen LogP contribution is 2.28. The maximum atomic E-state index is 9.65. The van der Waals surface area contributed by atoms with E-state index in [1.807, 2.05) is 25.2 Å². The molecule has 1 rings (SSSR count). The number of nitrogens with one attached hydrogen (secondary N) is 1. The maximum Gasteiger partial charge on any atom is 0.129 e. The van der Waals surface area contributed by atoms with Gasteiger partial charge in [-0.05, 0) is 70.0 Å². The van der Waals surface area contributed by atoms with Crippen molar-refractivity contribution in [1.29, 1.82) is 0 Å². The second-order valence-electron chi connectivity index (χ2n) is 5.24. The molecule has 0 saturated carbocycles. The van der Waals surface area contributed by atoms with Crippen LogP contribution < -0.4 is 5.32 Å². The minimum Gasteiger partial charge on any atom is -0.507 e. The van der Waals surface area contributed by atoms with E-state index < -0.39 is 0 Å². The van der Waals surface area contributed by atoms with Crippen molar-refractivity contribution in [2.75, 3.05) is 19.3 Å². The molecule has 0 aromatic heterocycles. The summed E-state index contributed by atoms with van der Waals surface area (Å²) >= 11 is 1.75. The smallest absolute Gasteiger partial charge is 0.129 e. The molecule has 0 unspecified atom stereocenters. The Morgan fingerprint density at radius 2 is 1.71 bits per heavy atom. The molecule has 0 atom stereocenters. The van der Waals surface area contributed by atoms with Gasteiger partial charge in [-0.15, -0.1) is 11.8 Å². The zero-order valence-electron chi connectivity index (χ0n) is 13.2. The second-order valence-corrected chi connectivity index (χ2v) is 6.37. The molecule has 0 spiro atoms. The Hall–Kier alpha value is -0.930. The molecule has 1 aromatic carbocycles. The number of rotatable bonds is 12. The maximum absolute atomic E-state index is 9.65. The Balaban J connectivity index is 1.91. The van der Waals surface area contributed by atoms with Crippen molar-refractivity contribution < 1.29 is 5.11 Å². The zero-order valence-corrected chi connectivity index (χ0v) is 14.0. The van der Waals surface area contributed by atoms with E-state index in [1.165, 1.54) is 44.9 Å². The summed E-state index contributed by atoms with van der Waals surface area (Å²) in [5.74, 6) is 1.49. The van der Waals surface area contributed by atoms with Gasteiger partial charge in [-0.2, -0.15) is 0 Å². The molecule has 0 heterocycles. The fourth-order valence-corrected chi connectivity index (χ4v) is 3.06. The van der Waals surface area contributed by atoms with Crippen LogP contribution in [0.2, 0.25) is 0 Å². The molecular formula is C18H29NOS. The Labute approximate surface area is 134 Å². The lowest BCUT2D eigenvalue weighted by molar-refractivity contribution is 0.462. The van der Waals surface area contributed by atoms with E-state index in [1.54, 1.807) is 17.8 Å². The van der Waals surface area contributed by atoms with Crippen LogP contribution in [0.3, 0.4) is 0 Å². The van der Waals surface area contributed by atoms with E-state index in [4.69, 9.17) is 0 Å². The number of unbranched alkanes of at least 4 members (excludes halogenated alkanes) is 5. The zero-order chi connectivity index (χ0) is 15.2. The number of thioether (sulfide) groups is 1. The van der Waals surface area contributed by atoms with Gasteiger partial charge in [0.05, 0.1) is 0 Å². The summed E-state index contributed by atoms with van der Waals surface area (Å²) in [6, 6.07) is 7.58. The van der Waals surface area contributed by atoms with Crippen molar-refractivity contribution in [3.05, 3.63) is 36.4 Å². The minimum atomic E-state index is 0.406. The molecule has 118 valence electrons. The lowest BCUT2D eigenvalue weighted by atomic mass is 10.1. The van der Waals surface area contributed by atoms with Crippen LogP contribution in [0, 0.1) is 0 Å². The first-order chi connectivity index (χ1) is 10.3. The molecule has 1 aromatic rings. The van der Waals surface area contributed by atoms with Gasteiger partial charge in [0, 0.05) is 4.90 Å². The van der Waals surface area contributed by atoms with E-state index in [2.05, 4.69) is 17.5 Å². The van der Waals surface area contributed by atoms with Crippen LogP contribution in [-0.4, -0.2) is 24.5 Å². The van der Waals surface area contributed by atoms with E-state index >= 15 is 0 Å². The molecule has 0 aliphatic rings. The Morgan fingerprint density at radius 3 is 2.43 bits per heavy atom. The largest absolute Gasteiger partial charge is 0.507 e. The number of aromatic hydroxyl groups is 1. The van der Waals surface area contributed by atoms with Gasteiger partial charge in [0.25, 0.3) is 0 Å². The highest BCUT2D eigenvalue weighted by Gasteiger charge is 1.99. The summed E-state index contributed by atoms with van der Waals surface area (Å²) < 4.78 is 0. The fraction of sp³-hybridized carbons (Fsp3) is 0.556. The topological polar surface area (TPSA) is 32.3 Å². The summed E-state index contributed by atoms with van der Waals surface area (Å²) in [6.45, 7) is 1.13.